The van der Waals surface area contributed by atoms with Crippen LogP contribution in [0.15, 0.2) is 0 Å². The molecule has 0 saturated carbocycles. The molecule has 0 aromatic carbocycles. The molecule has 0 radical (unpaired) electrons. The molecule has 0 spiro atoms. The Morgan fingerprint density at radius 1 is 1.17 bits per heavy atom. The third kappa shape index (κ3) is 3.75. The van der Waals surface area contributed by atoms with Crippen LogP contribution in [-0.2, 0) is 5.41 Å². The Hall–Kier alpha value is -0.480. The smallest absolute Gasteiger partial charge is 0.0857 e. The van der Waals surface area contributed by atoms with E-state index < -0.39 is 0 Å². The first-order chi connectivity index (χ1) is 8.18. The number of nitrogens with zero attached hydrogens (tertiary/aromatic N) is 2. The van der Waals surface area contributed by atoms with Gasteiger partial charge in [-0.3, -0.25) is 0 Å². The van der Waals surface area contributed by atoms with E-state index >= 15 is 0 Å². The van der Waals surface area contributed by atoms with E-state index in [9.17, 15) is 0 Å². The average molecular weight is 269 g/mol. The zero-order valence-electron chi connectivity index (χ0n) is 12.8. The summed E-state index contributed by atoms with van der Waals surface area (Å²) < 4.78 is 4.18. The fourth-order valence-electron chi connectivity index (χ4n) is 1.99. The van der Waals surface area contributed by atoms with E-state index in [0.717, 1.165) is 18.7 Å². The van der Waals surface area contributed by atoms with Crippen LogP contribution in [0.4, 0.5) is 0 Å². The molecule has 1 N–H and O–H groups in total. The van der Waals surface area contributed by atoms with Crippen molar-refractivity contribution in [1.29, 1.82) is 0 Å². The van der Waals surface area contributed by atoms with Crippen molar-refractivity contribution in [3.05, 3.63) is 10.6 Å². The Labute approximate surface area is 116 Å². The van der Waals surface area contributed by atoms with Crippen molar-refractivity contribution < 1.29 is 0 Å². The highest BCUT2D eigenvalue weighted by Crippen LogP contribution is 2.39. The fraction of sp³-hybridized carbons (Fsp3) is 0.857. The third-order valence-corrected chi connectivity index (χ3v) is 3.74. The molecule has 0 amide bonds. The Kier molecular flexibility index (Phi) is 4.90. The molecule has 104 valence electrons. The average Bonchev–Trinajstić information content (AvgIpc) is 2.64. The summed E-state index contributed by atoms with van der Waals surface area (Å²) in [6.45, 7) is 16.6. The first-order valence-electron chi connectivity index (χ1n) is 6.74. The van der Waals surface area contributed by atoms with E-state index in [4.69, 9.17) is 0 Å². The second-order valence-electron chi connectivity index (χ2n) is 6.99. The van der Waals surface area contributed by atoms with E-state index in [0.29, 0.717) is 6.04 Å². The zero-order chi connectivity index (χ0) is 14.0. The molecule has 0 bridgehead atoms. The lowest BCUT2D eigenvalue weighted by Gasteiger charge is -2.32. The summed E-state index contributed by atoms with van der Waals surface area (Å²) in [7, 11) is 0. The van der Waals surface area contributed by atoms with Crippen molar-refractivity contribution in [2.45, 2.75) is 66.3 Å². The van der Waals surface area contributed by atoms with Gasteiger partial charge in [-0.1, -0.05) is 53.0 Å². The van der Waals surface area contributed by atoms with Gasteiger partial charge in [-0.15, -0.1) is 5.10 Å². The summed E-state index contributed by atoms with van der Waals surface area (Å²) in [6, 6.07) is 0.326. The monoisotopic (exact) mass is 269 g/mol. The lowest BCUT2D eigenvalue weighted by molar-refractivity contribution is 0.273. The van der Waals surface area contributed by atoms with Gasteiger partial charge in [-0.25, -0.2) is 0 Å². The predicted molar refractivity (Wildman–Crippen MR) is 79.1 cm³/mol. The van der Waals surface area contributed by atoms with Gasteiger partial charge in [0.05, 0.1) is 10.6 Å². The summed E-state index contributed by atoms with van der Waals surface area (Å²) in [5.41, 5.74) is 1.36. The second kappa shape index (κ2) is 5.66. The quantitative estimate of drug-likeness (QED) is 0.900. The van der Waals surface area contributed by atoms with E-state index in [-0.39, 0.29) is 10.8 Å². The zero-order valence-corrected chi connectivity index (χ0v) is 13.6. The van der Waals surface area contributed by atoms with Crippen molar-refractivity contribution in [1.82, 2.24) is 14.9 Å². The van der Waals surface area contributed by atoms with Gasteiger partial charge in [-0.05, 0) is 29.9 Å². The molecule has 3 nitrogen and oxygen atoms in total. The molecule has 0 saturated heterocycles. The summed E-state index contributed by atoms with van der Waals surface area (Å²) in [5, 5.41) is 8.01. The molecule has 0 aliphatic carbocycles. The minimum atomic E-state index is 0.0553. The summed E-state index contributed by atoms with van der Waals surface area (Å²) in [5.74, 6) is 0. The molecule has 18 heavy (non-hydrogen) atoms. The molecule has 1 unspecified atom stereocenters. The van der Waals surface area contributed by atoms with Crippen LogP contribution in [0, 0.1) is 5.41 Å². The van der Waals surface area contributed by atoms with E-state index in [2.05, 4.69) is 63.4 Å². The van der Waals surface area contributed by atoms with E-state index in [1.165, 1.54) is 16.4 Å². The van der Waals surface area contributed by atoms with Crippen LogP contribution >= 0.6 is 11.5 Å². The van der Waals surface area contributed by atoms with Crippen LogP contribution in [-0.4, -0.2) is 16.1 Å². The Balaban J connectivity index is 3.10. The Bertz CT molecular complexity index is 371. The third-order valence-electron chi connectivity index (χ3n) is 2.95. The molecule has 1 rings (SSSR count). The molecule has 0 fully saturated rings. The van der Waals surface area contributed by atoms with E-state index in [1.54, 1.807) is 0 Å². The van der Waals surface area contributed by atoms with Crippen LogP contribution in [0.1, 0.15) is 71.5 Å². The van der Waals surface area contributed by atoms with Gasteiger partial charge in [0.1, 0.15) is 0 Å². The summed E-state index contributed by atoms with van der Waals surface area (Å²) >= 11 is 1.54. The standard InChI is InChI=1S/C14H27N3S/c1-8-9-15-11(13(2,3)4)10-12(14(5,6)7)16-17-18-10/h11,15H,8-9H2,1-7H3. The summed E-state index contributed by atoms with van der Waals surface area (Å²) in [6.07, 6.45) is 1.14. The highest BCUT2D eigenvalue weighted by atomic mass is 32.1. The highest BCUT2D eigenvalue weighted by molar-refractivity contribution is 7.05. The molecular formula is C14H27N3S. The lowest BCUT2D eigenvalue weighted by atomic mass is 9.81. The number of aromatic nitrogens is 2. The number of hydrogen-bond donors (Lipinski definition) is 1. The number of rotatable bonds is 4. The fourth-order valence-corrected chi connectivity index (χ4v) is 3.17. The maximum absolute atomic E-state index is 4.36. The molecule has 1 aromatic rings. The van der Waals surface area contributed by atoms with Crippen LogP contribution in [0.25, 0.3) is 0 Å². The van der Waals surface area contributed by atoms with Crippen LogP contribution in [0.3, 0.4) is 0 Å². The molecule has 0 aliphatic heterocycles. The van der Waals surface area contributed by atoms with Crippen molar-refractivity contribution >= 4 is 11.5 Å². The Morgan fingerprint density at radius 3 is 2.22 bits per heavy atom. The number of hydrogen-bond acceptors (Lipinski definition) is 4. The molecular weight excluding hydrogens is 242 g/mol. The van der Waals surface area contributed by atoms with Crippen LogP contribution in [0.5, 0.6) is 0 Å². The van der Waals surface area contributed by atoms with Crippen molar-refractivity contribution in [2.24, 2.45) is 5.41 Å². The SMILES string of the molecule is CCCNC(c1snnc1C(C)(C)C)C(C)(C)C. The molecule has 0 aliphatic rings. The topological polar surface area (TPSA) is 37.8 Å². The Morgan fingerprint density at radius 2 is 1.78 bits per heavy atom. The number of nitrogens with one attached hydrogen (secondary N) is 1. The van der Waals surface area contributed by atoms with Gasteiger partial charge < -0.3 is 5.32 Å². The van der Waals surface area contributed by atoms with Gasteiger partial charge in [0.15, 0.2) is 0 Å². The lowest BCUT2D eigenvalue weighted by Crippen LogP contribution is -2.34. The van der Waals surface area contributed by atoms with Crippen molar-refractivity contribution in [3.63, 3.8) is 0 Å². The predicted octanol–water partition coefficient (Wildman–Crippen LogP) is 3.92. The van der Waals surface area contributed by atoms with Gasteiger partial charge in [0.2, 0.25) is 0 Å². The highest BCUT2D eigenvalue weighted by Gasteiger charge is 2.33. The maximum Gasteiger partial charge on any atom is 0.0857 e. The van der Waals surface area contributed by atoms with Crippen LogP contribution < -0.4 is 5.32 Å². The summed E-state index contributed by atoms with van der Waals surface area (Å²) in [4.78, 5) is 1.29. The van der Waals surface area contributed by atoms with Gasteiger partial charge in [0.25, 0.3) is 0 Å². The first-order valence-corrected chi connectivity index (χ1v) is 7.51. The maximum atomic E-state index is 4.36. The van der Waals surface area contributed by atoms with Crippen LogP contribution in [0.2, 0.25) is 0 Å². The normalized spacial score (nSPS) is 14.8. The minimum absolute atomic E-state index is 0.0553. The largest absolute Gasteiger partial charge is 0.309 e. The van der Waals surface area contributed by atoms with Gasteiger partial charge >= 0.3 is 0 Å². The van der Waals surface area contributed by atoms with Gasteiger partial charge in [-0.2, -0.15) is 0 Å². The molecule has 4 heteroatoms. The molecule has 1 atom stereocenters. The van der Waals surface area contributed by atoms with Crippen molar-refractivity contribution in [3.8, 4) is 0 Å². The second-order valence-corrected chi connectivity index (χ2v) is 7.77. The molecule has 1 aromatic heterocycles. The first kappa shape index (κ1) is 15.6. The van der Waals surface area contributed by atoms with Crippen molar-refractivity contribution in [2.75, 3.05) is 6.54 Å². The molecule has 1 heterocycles. The van der Waals surface area contributed by atoms with Gasteiger partial charge in [0, 0.05) is 11.5 Å². The minimum Gasteiger partial charge on any atom is -0.309 e. The van der Waals surface area contributed by atoms with E-state index in [1.807, 2.05) is 0 Å².